The van der Waals surface area contributed by atoms with Gasteiger partial charge in [0, 0.05) is 25.1 Å². The van der Waals surface area contributed by atoms with Crippen molar-refractivity contribution in [1.29, 1.82) is 0 Å². The topological polar surface area (TPSA) is 68.5 Å². The maximum absolute atomic E-state index is 13.2. The van der Waals surface area contributed by atoms with E-state index >= 15 is 0 Å². The number of benzene rings is 3. The van der Waals surface area contributed by atoms with Gasteiger partial charge in [-0.05, 0) is 48.6 Å². The maximum Gasteiger partial charge on any atom is 0.258 e. The lowest BCUT2D eigenvalue weighted by atomic mass is 9.90. The van der Waals surface area contributed by atoms with Crippen LogP contribution in [0.2, 0.25) is 0 Å². The molecule has 4 rings (SSSR count). The zero-order valence-electron chi connectivity index (χ0n) is 19.1. The van der Waals surface area contributed by atoms with Crippen LogP contribution in [0.15, 0.2) is 65.5 Å². The Morgan fingerprint density at radius 2 is 1.62 bits per heavy atom. The van der Waals surface area contributed by atoms with Crippen molar-refractivity contribution in [3.05, 3.63) is 82.3 Å². The number of ether oxygens (including phenoxy) is 1. The Bertz CT molecular complexity index is 1320. The number of aldehydes is 1. The molecular weight excluding hydrogens is 402 g/mol. The fourth-order valence-electron chi connectivity index (χ4n) is 4.16. The van der Waals surface area contributed by atoms with E-state index in [0.29, 0.717) is 11.1 Å². The predicted molar refractivity (Wildman–Crippen MR) is 130 cm³/mol. The summed E-state index contributed by atoms with van der Waals surface area (Å²) in [6, 6.07) is 20.1. The van der Waals surface area contributed by atoms with Gasteiger partial charge in [0.15, 0.2) is 12.4 Å². The summed E-state index contributed by atoms with van der Waals surface area (Å²) >= 11 is 0. The first-order chi connectivity index (χ1) is 15.4. The number of hydrogen-bond donors (Lipinski definition) is 1. The second kappa shape index (κ2) is 9.90. The molecule has 0 aliphatic rings. The molecule has 0 saturated heterocycles. The van der Waals surface area contributed by atoms with Gasteiger partial charge in [-0.3, -0.25) is 4.79 Å². The summed E-state index contributed by atoms with van der Waals surface area (Å²) in [6.45, 7) is 5.78. The standard InChI is InChI=1S/C26H25NO3.CH4O/c1-16(2)30-23(15-28)25-24(20-11-7-9-18-8-5-6-10-19(18)20)22-14-17(3)12-13-21(22)26(29)27(25)4;1-2/h5-16,23H,1-4H3;2H,1H3. The molecule has 3 aromatic carbocycles. The van der Waals surface area contributed by atoms with E-state index in [1.165, 1.54) is 0 Å². The van der Waals surface area contributed by atoms with Gasteiger partial charge in [0.2, 0.25) is 0 Å². The van der Waals surface area contributed by atoms with Crippen molar-refractivity contribution in [3.8, 4) is 11.1 Å². The number of aromatic nitrogens is 1. The minimum Gasteiger partial charge on any atom is -0.400 e. The Labute approximate surface area is 187 Å². The van der Waals surface area contributed by atoms with Crippen molar-refractivity contribution in [2.24, 2.45) is 7.05 Å². The molecule has 1 aromatic heterocycles. The number of aliphatic hydroxyl groups is 1. The molecule has 0 aliphatic heterocycles. The minimum atomic E-state index is -0.846. The Kier molecular flexibility index (Phi) is 7.23. The fraction of sp³-hybridized carbons (Fsp3) is 0.259. The molecule has 1 atom stereocenters. The number of aliphatic hydroxyl groups excluding tert-OH is 1. The van der Waals surface area contributed by atoms with Gasteiger partial charge in [-0.1, -0.05) is 60.2 Å². The summed E-state index contributed by atoms with van der Waals surface area (Å²) in [5, 5.41) is 10.6. The van der Waals surface area contributed by atoms with E-state index in [4.69, 9.17) is 9.84 Å². The number of pyridine rings is 1. The van der Waals surface area contributed by atoms with Gasteiger partial charge in [0.1, 0.15) is 0 Å². The monoisotopic (exact) mass is 431 g/mol. The van der Waals surface area contributed by atoms with E-state index in [1.807, 2.05) is 63.2 Å². The van der Waals surface area contributed by atoms with Gasteiger partial charge in [0.25, 0.3) is 5.56 Å². The molecule has 0 fully saturated rings. The lowest BCUT2D eigenvalue weighted by Gasteiger charge is -2.24. The molecule has 0 amide bonds. The molecule has 0 radical (unpaired) electrons. The van der Waals surface area contributed by atoms with Gasteiger partial charge in [-0.15, -0.1) is 0 Å². The zero-order valence-corrected chi connectivity index (χ0v) is 19.1. The van der Waals surface area contributed by atoms with Gasteiger partial charge >= 0.3 is 0 Å². The van der Waals surface area contributed by atoms with Crippen molar-refractivity contribution >= 4 is 27.8 Å². The second-order valence-corrected chi connectivity index (χ2v) is 7.94. The van der Waals surface area contributed by atoms with Crippen LogP contribution >= 0.6 is 0 Å². The third-order valence-corrected chi connectivity index (χ3v) is 5.47. The summed E-state index contributed by atoms with van der Waals surface area (Å²) in [7, 11) is 2.71. The first-order valence-corrected chi connectivity index (χ1v) is 10.6. The zero-order chi connectivity index (χ0) is 23.4. The van der Waals surface area contributed by atoms with Gasteiger partial charge in [-0.2, -0.15) is 0 Å². The van der Waals surface area contributed by atoms with Crippen LogP contribution in [0.3, 0.4) is 0 Å². The lowest BCUT2D eigenvalue weighted by molar-refractivity contribution is -0.121. The Morgan fingerprint density at radius 1 is 0.938 bits per heavy atom. The van der Waals surface area contributed by atoms with E-state index in [1.54, 1.807) is 11.6 Å². The van der Waals surface area contributed by atoms with Crippen molar-refractivity contribution in [3.63, 3.8) is 0 Å². The Hall–Kier alpha value is -3.28. The van der Waals surface area contributed by atoms with Gasteiger partial charge < -0.3 is 19.2 Å². The summed E-state index contributed by atoms with van der Waals surface area (Å²) in [5.41, 5.74) is 3.34. The van der Waals surface area contributed by atoms with Crippen molar-refractivity contribution in [2.75, 3.05) is 7.11 Å². The van der Waals surface area contributed by atoms with Crippen molar-refractivity contribution in [1.82, 2.24) is 4.57 Å². The van der Waals surface area contributed by atoms with Crippen LogP contribution < -0.4 is 5.56 Å². The number of nitrogens with zero attached hydrogens (tertiary/aromatic N) is 1. The summed E-state index contributed by atoms with van der Waals surface area (Å²) in [5.74, 6) is 0. The number of carbonyl (C=O) groups excluding carboxylic acids is 1. The van der Waals surface area contributed by atoms with Gasteiger partial charge in [0.05, 0.1) is 11.8 Å². The molecule has 0 saturated carbocycles. The van der Waals surface area contributed by atoms with E-state index in [-0.39, 0.29) is 11.7 Å². The van der Waals surface area contributed by atoms with Crippen LogP contribution in [0.1, 0.15) is 31.2 Å². The normalized spacial score (nSPS) is 12.0. The molecule has 0 spiro atoms. The Morgan fingerprint density at radius 3 is 2.31 bits per heavy atom. The average molecular weight is 432 g/mol. The maximum atomic E-state index is 13.2. The average Bonchev–Trinajstić information content (AvgIpc) is 2.80. The van der Waals surface area contributed by atoms with E-state index in [2.05, 4.69) is 18.2 Å². The fourth-order valence-corrected chi connectivity index (χ4v) is 4.16. The molecule has 0 bridgehead atoms. The molecule has 1 heterocycles. The van der Waals surface area contributed by atoms with Crippen LogP contribution in [0.4, 0.5) is 0 Å². The van der Waals surface area contributed by atoms with E-state index in [9.17, 15) is 9.59 Å². The number of hydrogen-bond acceptors (Lipinski definition) is 4. The van der Waals surface area contributed by atoms with E-state index in [0.717, 1.165) is 46.2 Å². The molecule has 1 N–H and O–H groups in total. The summed E-state index contributed by atoms with van der Waals surface area (Å²) in [6.07, 6.45) is -0.226. The third kappa shape index (κ3) is 4.22. The van der Waals surface area contributed by atoms with Crippen molar-refractivity contribution in [2.45, 2.75) is 33.0 Å². The quantitative estimate of drug-likeness (QED) is 0.455. The highest BCUT2D eigenvalue weighted by Crippen LogP contribution is 2.38. The first kappa shape index (κ1) is 23.4. The van der Waals surface area contributed by atoms with Gasteiger partial charge in [-0.25, -0.2) is 0 Å². The molecule has 5 heteroatoms. The molecule has 1 unspecified atom stereocenters. The minimum absolute atomic E-state index is 0.136. The van der Waals surface area contributed by atoms with Crippen LogP contribution in [0, 0.1) is 6.92 Å². The van der Waals surface area contributed by atoms with Crippen LogP contribution in [-0.2, 0) is 16.6 Å². The molecule has 5 nitrogen and oxygen atoms in total. The molecule has 0 aliphatic carbocycles. The molecule has 4 aromatic rings. The highest BCUT2D eigenvalue weighted by Gasteiger charge is 2.25. The number of carbonyl (C=O) groups is 1. The first-order valence-electron chi connectivity index (χ1n) is 10.6. The Balaban J connectivity index is 0.00000141. The van der Waals surface area contributed by atoms with Crippen LogP contribution in [0.5, 0.6) is 0 Å². The van der Waals surface area contributed by atoms with Crippen LogP contribution in [-0.4, -0.2) is 29.2 Å². The number of fused-ring (bicyclic) bond motifs is 2. The summed E-state index contributed by atoms with van der Waals surface area (Å²) < 4.78 is 7.51. The molecule has 32 heavy (non-hydrogen) atoms. The highest BCUT2D eigenvalue weighted by molar-refractivity contribution is 6.06. The number of rotatable bonds is 5. The van der Waals surface area contributed by atoms with Crippen LogP contribution in [0.25, 0.3) is 32.7 Å². The largest absolute Gasteiger partial charge is 0.400 e. The number of aryl methyl sites for hydroxylation is 1. The third-order valence-electron chi connectivity index (χ3n) is 5.47. The van der Waals surface area contributed by atoms with Crippen molar-refractivity contribution < 1.29 is 14.6 Å². The van der Waals surface area contributed by atoms with E-state index < -0.39 is 6.10 Å². The second-order valence-electron chi connectivity index (χ2n) is 7.94. The predicted octanol–water partition coefficient (Wildman–Crippen LogP) is 4.94. The molecular formula is C27H29NO4. The lowest BCUT2D eigenvalue weighted by Crippen LogP contribution is -2.26. The summed E-state index contributed by atoms with van der Waals surface area (Å²) in [4.78, 5) is 25.3. The SMILES string of the molecule is CO.Cc1ccc2c(=O)n(C)c(C(C=O)OC(C)C)c(-c3cccc4ccccc34)c2c1. The highest BCUT2D eigenvalue weighted by atomic mass is 16.5. The molecule has 166 valence electrons. The smallest absolute Gasteiger partial charge is 0.258 e.